The standard InChI is InChI=1S/C11H10BrF3N2O3/c12-8-4-2-1-3-7(8)10(19)16-5-9(18)17-20-6-11(13,14)15/h1-4H,5-6H2,(H,16,19)(H,17,18). The van der Waals surface area contributed by atoms with Crippen LogP contribution in [0.15, 0.2) is 28.7 Å². The first-order valence-electron chi connectivity index (χ1n) is 5.29. The van der Waals surface area contributed by atoms with Crippen LogP contribution in [0.3, 0.4) is 0 Å². The van der Waals surface area contributed by atoms with Crippen LogP contribution in [-0.2, 0) is 9.63 Å². The molecular formula is C11H10BrF3N2O3. The third-order valence-corrected chi connectivity index (χ3v) is 2.64. The minimum absolute atomic E-state index is 0.302. The van der Waals surface area contributed by atoms with Crippen LogP contribution in [0.4, 0.5) is 13.2 Å². The molecule has 5 nitrogen and oxygen atoms in total. The minimum atomic E-state index is -4.54. The van der Waals surface area contributed by atoms with E-state index in [9.17, 15) is 22.8 Å². The van der Waals surface area contributed by atoms with Gasteiger partial charge in [-0.2, -0.15) is 13.2 Å². The molecule has 2 amide bonds. The molecule has 110 valence electrons. The zero-order valence-corrected chi connectivity index (χ0v) is 11.5. The van der Waals surface area contributed by atoms with E-state index in [1.165, 1.54) is 6.07 Å². The van der Waals surface area contributed by atoms with Crippen molar-refractivity contribution < 1.29 is 27.6 Å². The number of benzene rings is 1. The summed E-state index contributed by atoms with van der Waals surface area (Å²) in [6, 6.07) is 6.50. The van der Waals surface area contributed by atoms with Crippen LogP contribution in [0, 0.1) is 0 Å². The van der Waals surface area contributed by atoms with Crippen LogP contribution < -0.4 is 10.8 Å². The molecule has 0 atom stereocenters. The van der Waals surface area contributed by atoms with E-state index >= 15 is 0 Å². The largest absolute Gasteiger partial charge is 0.414 e. The predicted octanol–water partition coefficient (Wildman–Crippen LogP) is 1.79. The number of carbonyl (C=O) groups excluding carboxylic acids is 2. The molecule has 2 N–H and O–H groups in total. The lowest BCUT2D eigenvalue weighted by molar-refractivity contribution is -0.191. The number of hydrogen-bond acceptors (Lipinski definition) is 3. The quantitative estimate of drug-likeness (QED) is 0.792. The Morgan fingerprint density at radius 2 is 1.90 bits per heavy atom. The molecule has 0 unspecified atom stereocenters. The Bertz CT molecular complexity index is 494. The molecule has 0 fully saturated rings. The maximum Gasteiger partial charge on any atom is 0.414 e. The summed E-state index contributed by atoms with van der Waals surface area (Å²) < 4.78 is 35.7. The van der Waals surface area contributed by atoms with Crippen molar-refractivity contribution in [3.8, 4) is 0 Å². The Morgan fingerprint density at radius 3 is 2.50 bits per heavy atom. The van der Waals surface area contributed by atoms with Crippen molar-refractivity contribution >= 4 is 27.7 Å². The summed E-state index contributed by atoms with van der Waals surface area (Å²) >= 11 is 3.16. The van der Waals surface area contributed by atoms with Gasteiger partial charge in [0.15, 0.2) is 6.61 Å². The summed E-state index contributed by atoms with van der Waals surface area (Å²) in [7, 11) is 0. The Labute approximate surface area is 120 Å². The average Bonchev–Trinajstić information content (AvgIpc) is 2.35. The van der Waals surface area contributed by atoms with Crippen molar-refractivity contribution in [1.29, 1.82) is 0 Å². The molecule has 0 saturated heterocycles. The third-order valence-electron chi connectivity index (χ3n) is 1.95. The average molecular weight is 355 g/mol. The van der Waals surface area contributed by atoms with Crippen molar-refractivity contribution in [3.05, 3.63) is 34.3 Å². The van der Waals surface area contributed by atoms with E-state index in [1.54, 1.807) is 23.7 Å². The van der Waals surface area contributed by atoms with Gasteiger partial charge in [0, 0.05) is 4.47 Å². The first-order valence-corrected chi connectivity index (χ1v) is 6.09. The molecule has 0 spiro atoms. The molecule has 0 aliphatic heterocycles. The minimum Gasteiger partial charge on any atom is -0.343 e. The topological polar surface area (TPSA) is 67.4 Å². The first-order chi connectivity index (χ1) is 9.29. The maximum atomic E-state index is 11.7. The number of carbonyl (C=O) groups is 2. The molecule has 0 saturated carbocycles. The molecule has 1 aromatic carbocycles. The van der Waals surface area contributed by atoms with E-state index in [2.05, 4.69) is 26.1 Å². The number of hydrogen-bond donors (Lipinski definition) is 2. The van der Waals surface area contributed by atoms with Gasteiger partial charge in [0.1, 0.15) is 0 Å². The van der Waals surface area contributed by atoms with Gasteiger partial charge in [0.25, 0.3) is 11.8 Å². The van der Waals surface area contributed by atoms with Gasteiger partial charge in [0.2, 0.25) is 0 Å². The second kappa shape index (κ2) is 7.25. The van der Waals surface area contributed by atoms with Gasteiger partial charge in [-0.1, -0.05) is 12.1 Å². The lowest BCUT2D eigenvalue weighted by Gasteiger charge is -2.09. The number of nitrogens with one attached hydrogen (secondary N) is 2. The van der Waals surface area contributed by atoms with Crippen LogP contribution in [0.5, 0.6) is 0 Å². The van der Waals surface area contributed by atoms with Crippen molar-refractivity contribution in [2.75, 3.05) is 13.2 Å². The first kappa shape index (κ1) is 16.4. The number of hydroxylamine groups is 1. The molecule has 0 aliphatic rings. The Kier molecular flexibility index (Phi) is 5.96. The maximum absolute atomic E-state index is 11.7. The molecule has 0 aliphatic carbocycles. The SMILES string of the molecule is O=C(CNC(=O)c1ccccc1Br)NOCC(F)(F)F. The summed E-state index contributed by atoms with van der Waals surface area (Å²) in [5.41, 5.74) is 1.88. The van der Waals surface area contributed by atoms with Gasteiger partial charge in [0.05, 0.1) is 12.1 Å². The number of amides is 2. The van der Waals surface area contributed by atoms with Gasteiger partial charge in [-0.3, -0.25) is 14.4 Å². The summed E-state index contributed by atoms with van der Waals surface area (Å²) in [5.74, 6) is -1.43. The fourth-order valence-electron chi connectivity index (χ4n) is 1.14. The fourth-order valence-corrected chi connectivity index (χ4v) is 1.60. The van der Waals surface area contributed by atoms with Gasteiger partial charge >= 0.3 is 6.18 Å². The van der Waals surface area contributed by atoms with Crippen molar-refractivity contribution in [3.63, 3.8) is 0 Å². The van der Waals surface area contributed by atoms with Crippen LogP contribution in [-0.4, -0.2) is 31.1 Å². The molecule has 20 heavy (non-hydrogen) atoms. The molecule has 0 heterocycles. The number of rotatable bonds is 5. The van der Waals surface area contributed by atoms with E-state index in [0.29, 0.717) is 10.0 Å². The van der Waals surface area contributed by atoms with Crippen LogP contribution in [0.25, 0.3) is 0 Å². The van der Waals surface area contributed by atoms with Crippen LogP contribution in [0.1, 0.15) is 10.4 Å². The normalized spacial score (nSPS) is 11.0. The van der Waals surface area contributed by atoms with Crippen molar-refractivity contribution in [2.45, 2.75) is 6.18 Å². The van der Waals surface area contributed by atoms with E-state index in [4.69, 9.17) is 0 Å². The smallest absolute Gasteiger partial charge is 0.343 e. The highest BCUT2D eigenvalue weighted by atomic mass is 79.9. The molecule has 1 aromatic rings. The lowest BCUT2D eigenvalue weighted by Crippen LogP contribution is -2.38. The predicted molar refractivity (Wildman–Crippen MR) is 66.6 cm³/mol. The summed E-state index contributed by atoms with van der Waals surface area (Å²) in [6.07, 6.45) is -4.54. The highest BCUT2D eigenvalue weighted by Crippen LogP contribution is 2.15. The molecule has 1 rings (SSSR count). The van der Waals surface area contributed by atoms with Gasteiger partial charge in [-0.15, -0.1) is 0 Å². The highest BCUT2D eigenvalue weighted by Gasteiger charge is 2.28. The van der Waals surface area contributed by atoms with Gasteiger partial charge in [-0.25, -0.2) is 5.48 Å². The zero-order chi connectivity index (χ0) is 15.2. The van der Waals surface area contributed by atoms with E-state index < -0.39 is 31.1 Å². The lowest BCUT2D eigenvalue weighted by atomic mass is 10.2. The van der Waals surface area contributed by atoms with Crippen molar-refractivity contribution in [1.82, 2.24) is 10.8 Å². The summed E-state index contributed by atoms with van der Waals surface area (Å²) in [5, 5.41) is 2.24. The monoisotopic (exact) mass is 354 g/mol. The highest BCUT2D eigenvalue weighted by molar-refractivity contribution is 9.10. The Balaban J connectivity index is 2.35. The number of halogens is 4. The number of alkyl halides is 3. The molecule has 0 bridgehead atoms. The molecular weight excluding hydrogens is 345 g/mol. The van der Waals surface area contributed by atoms with Crippen molar-refractivity contribution in [2.24, 2.45) is 0 Å². The summed E-state index contributed by atoms with van der Waals surface area (Å²) in [6.45, 7) is -2.10. The molecule has 0 aromatic heterocycles. The van der Waals surface area contributed by atoms with Gasteiger partial charge < -0.3 is 5.32 Å². The van der Waals surface area contributed by atoms with Gasteiger partial charge in [-0.05, 0) is 28.1 Å². The van der Waals surface area contributed by atoms with E-state index in [0.717, 1.165) is 0 Å². The third kappa shape index (κ3) is 6.02. The zero-order valence-electron chi connectivity index (χ0n) is 9.96. The molecule has 0 radical (unpaired) electrons. The van der Waals surface area contributed by atoms with Crippen LogP contribution >= 0.6 is 15.9 Å². The second-order valence-corrected chi connectivity index (χ2v) is 4.45. The van der Waals surface area contributed by atoms with E-state index in [1.807, 2.05) is 0 Å². The Hall–Kier alpha value is -1.61. The second-order valence-electron chi connectivity index (χ2n) is 3.59. The molecule has 9 heteroatoms. The fraction of sp³-hybridized carbons (Fsp3) is 0.273. The van der Waals surface area contributed by atoms with E-state index in [-0.39, 0.29) is 0 Å². The Morgan fingerprint density at radius 1 is 1.25 bits per heavy atom. The summed E-state index contributed by atoms with van der Waals surface area (Å²) in [4.78, 5) is 26.7. The van der Waals surface area contributed by atoms with Crippen LogP contribution in [0.2, 0.25) is 0 Å².